The molecule has 0 fully saturated rings. The van der Waals surface area contributed by atoms with Gasteiger partial charge in [0.25, 0.3) is 0 Å². The van der Waals surface area contributed by atoms with Crippen LogP contribution in [0.25, 0.3) is 38.9 Å². The summed E-state index contributed by atoms with van der Waals surface area (Å²) in [5.74, 6) is 2.94. The average Bonchev–Trinajstić information content (AvgIpc) is 3.75. The number of anilines is 3. The molecule has 8 nitrogen and oxygen atoms in total. The van der Waals surface area contributed by atoms with Gasteiger partial charge in [0, 0.05) is 46.4 Å². The molecule has 12 rings (SSSR count). The number of ether oxygens (including phenoxy) is 2. The van der Waals surface area contributed by atoms with Crippen LogP contribution in [-0.4, -0.2) is 14.5 Å². The zero-order valence-corrected chi connectivity index (χ0v) is 30.0. The van der Waals surface area contributed by atoms with Gasteiger partial charge in [-0.05, 0) is 96.1 Å². The van der Waals surface area contributed by atoms with Crippen molar-refractivity contribution < 1.29 is 9.47 Å². The molecule has 8 heteroatoms. The lowest BCUT2D eigenvalue weighted by atomic mass is 9.66. The van der Waals surface area contributed by atoms with Gasteiger partial charge >= 0.3 is 0 Å². The first-order valence-corrected chi connectivity index (χ1v) is 18.6. The van der Waals surface area contributed by atoms with Gasteiger partial charge in [-0.15, -0.1) is 0 Å². The average molecular weight is 731 g/mol. The van der Waals surface area contributed by atoms with Gasteiger partial charge in [-0.25, -0.2) is 0 Å². The van der Waals surface area contributed by atoms with Crippen molar-refractivity contribution in [3.8, 4) is 52.2 Å². The highest BCUT2D eigenvalue weighted by Crippen LogP contribution is 2.62. The van der Waals surface area contributed by atoms with E-state index in [2.05, 4.69) is 88.3 Å². The summed E-state index contributed by atoms with van der Waals surface area (Å²) in [6, 6.07) is 53.2. The second-order valence-corrected chi connectivity index (χ2v) is 14.4. The van der Waals surface area contributed by atoms with E-state index >= 15 is 0 Å². The van der Waals surface area contributed by atoms with Crippen molar-refractivity contribution in [1.29, 1.82) is 10.5 Å². The molecule has 0 saturated carbocycles. The maximum Gasteiger partial charge on any atom is 0.153 e. The largest absolute Gasteiger partial charge is 0.457 e. The second kappa shape index (κ2) is 11.4. The molecule has 1 aliphatic carbocycles. The smallest absolute Gasteiger partial charge is 0.153 e. The predicted octanol–water partition coefficient (Wildman–Crippen LogP) is 11.4. The fraction of sp³-hybridized carbons (Fsp3) is 0.0204. The number of pyridine rings is 2. The van der Waals surface area contributed by atoms with Crippen LogP contribution >= 0.6 is 0 Å². The summed E-state index contributed by atoms with van der Waals surface area (Å²) in [5, 5.41) is 21.2. The number of nitriles is 2. The zero-order chi connectivity index (χ0) is 37.8. The molecule has 3 aromatic heterocycles. The van der Waals surface area contributed by atoms with Crippen molar-refractivity contribution >= 4 is 38.9 Å². The van der Waals surface area contributed by atoms with E-state index in [4.69, 9.17) is 19.4 Å². The maximum absolute atomic E-state index is 9.72. The van der Waals surface area contributed by atoms with Crippen LogP contribution in [0.5, 0.6) is 23.0 Å². The highest BCUT2D eigenvalue weighted by molar-refractivity contribution is 6.10. The number of para-hydroxylation sites is 3. The molecular weight excluding hydrogens is 705 g/mol. The van der Waals surface area contributed by atoms with E-state index in [1.807, 2.05) is 91.3 Å². The number of hydrogen-bond acceptors (Lipinski definition) is 7. The van der Waals surface area contributed by atoms with E-state index in [-0.39, 0.29) is 0 Å². The highest BCUT2D eigenvalue weighted by atomic mass is 16.5. The Labute approximate surface area is 326 Å². The van der Waals surface area contributed by atoms with Gasteiger partial charge in [0.1, 0.15) is 11.5 Å². The van der Waals surface area contributed by atoms with Crippen LogP contribution in [0.15, 0.2) is 158 Å². The molecule has 1 spiro atoms. The van der Waals surface area contributed by atoms with Crippen LogP contribution in [0, 0.1) is 22.7 Å². The molecule has 57 heavy (non-hydrogen) atoms. The minimum absolute atomic E-state index is 0.558. The number of aromatic nitrogens is 3. The molecule has 9 aromatic rings. The standard InChI is InChI=1S/C49H26N6O2/c50-27-29-13-18-39-33(23-29)34-24-30(28-51)14-19-40(34)54(39)32-16-20-42-46(26-32)57-44-12-4-2-10-41(44)55(42)31-15-17-36-45(25-31)56-43-11-3-1-7-35(43)49(36)37-8-5-21-52-47(37)48-38(49)9-6-22-53-48/h1-26H. The summed E-state index contributed by atoms with van der Waals surface area (Å²) in [6.45, 7) is 0. The first-order chi connectivity index (χ1) is 28.1. The molecule has 0 N–H and O–H groups in total. The lowest BCUT2D eigenvalue weighted by Crippen LogP contribution is -2.32. The molecule has 264 valence electrons. The molecule has 2 aliphatic heterocycles. The van der Waals surface area contributed by atoms with Crippen molar-refractivity contribution in [2.45, 2.75) is 5.41 Å². The van der Waals surface area contributed by atoms with E-state index in [9.17, 15) is 10.5 Å². The quantitative estimate of drug-likeness (QED) is 0.174. The first kappa shape index (κ1) is 31.2. The second-order valence-electron chi connectivity index (χ2n) is 14.4. The third kappa shape index (κ3) is 4.13. The van der Waals surface area contributed by atoms with Gasteiger partial charge < -0.3 is 18.9 Å². The number of nitrogens with zero attached hydrogens (tertiary/aromatic N) is 6. The Balaban J connectivity index is 1.05. The maximum atomic E-state index is 9.72. The normalized spacial score (nSPS) is 13.6. The summed E-state index contributed by atoms with van der Waals surface area (Å²) >= 11 is 0. The molecule has 0 saturated heterocycles. The summed E-state index contributed by atoms with van der Waals surface area (Å²) in [5.41, 5.74) is 11.9. The Bertz CT molecular complexity index is 3200. The summed E-state index contributed by atoms with van der Waals surface area (Å²) in [4.78, 5) is 11.9. The Morgan fingerprint density at radius 2 is 1.04 bits per heavy atom. The summed E-state index contributed by atoms with van der Waals surface area (Å²) < 4.78 is 15.7. The minimum atomic E-state index is -0.671. The lowest BCUT2D eigenvalue weighted by Gasteiger charge is -2.40. The lowest BCUT2D eigenvalue weighted by molar-refractivity contribution is 0.436. The van der Waals surface area contributed by atoms with Crippen molar-refractivity contribution in [2.75, 3.05) is 4.90 Å². The SMILES string of the molecule is N#Cc1ccc2c(c1)c1cc(C#N)ccc1n2-c1ccc2c(c1)Oc1ccccc1N2c1ccc2c(c1)Oc1ccccc1C21c2cccnc2-c2ncccc21. The molecule has 0 radical (unpaired) electrons. The molecule has 5 heterocycles. The van der Waals surface area contributed by atoms with E-state index in [0.29, 0.717) is 16.9 Å². The van der Waals surface area contributed by atoms with Gasteiger partial charge in [-0.1, -0.05) is 48.5 Å². The molecule has 6 aromatic carbocycles. The topological polar surface area (TPSA) is 100.0 Å². The highest BCUT2D eigenvalue weighted by Gasteiger charge is 2.52. The third-order valence-electron chi connectivity index (χ3n) is 11.6. The van der Waals surface area contributed by atoms with Crippen LogP contribution in [0.3, 0.4) is 0 Å². The molecule has 0 bridgehead atoms. The van der Waals surface area contributed by atoms with E-state index in [1.165, 1.54) is 0 Å². The Kier molecular flexibility index (Phi) is 6.24. The van der Waals surface area contributed by atoms with Crippen LogP contribution in [0.2, 0.25) is 0 Å². The van der Waals surface area contributed by atoms with E-state index < -0.39 is 5.41 Å². The van der Waals surface area contributed by atoms with Crippen LogP contribution in [-0.2, 0) is 5.41 Å². The Morgan fingerprint density at radius 3 is 1.74 bits per heavy atom. The van der Waals surface area contributed by atoms with Crippen molar-refractivity contribution in [3.63, 3.8) is 0 Å². The van der Waals surface area contributed by atoms with Gasteiger partial charge in [-0.2, -0.15) is 10.5 Å². The zero-order valence-electron chi connectivity index (χ0n) is 30.0. The molecule has 0 atom stereocenters. The van der Waals surface area contributed by atoms with Crippen molar-refractivity contribution in [1.82, 2.24) is 14.5 Å². The minimum Gasteiger partial charge on any atom is -0.457 e. The summed E-state index contributed by atoms with van der Waals surface area (Å²) in [7, 11) is 0. The van der Waals surface area contributed by atoms with Gasteiger partial charge in [0.15, 0.2) is 11.5 Å². The third-order valence-corrected chi connectivity index (χ3v) is 11.6. The Hall–Kier alpha value is -8.20. The van der Waals surface area contributed by atoms with Crippen molar-refractivity contribution in [3.05, 3.63) is 191 Å². The van der Waals surface area contributed by atoms with Gasteiger partial charge in [0.2, 0.25) is 0 Å². The first-order valence-electron chi connectivity index (χ1n) is 18.6. The number of fused-ring (bicyclic) bond motifs is 14. The van der Waals surface area contributed by atoms with Crippen LogP contribution in [0.1, 0.15) is 33.4 Å². The Morgan fingerprint density at radius 1 is 0.474 bits per heavy atom. The fourth-order valence-corrected chi connectivity index (χ4v) is 9.30. The fourth-order valence-electron chi connectivity index (χ4n) is 9.30. The van der Waals surface area contributed by atoms with E-state index in [0.717, 1.165) is 95.4 Å². The molecule has 0 amide bonds. The summed E-state index contributed by atoms with van der Waals surface area (Å²) in [6.07, 6.45) is 3.67. The van der Waals surface area contributed by atoms with E-state index in [1.54, 1.807) is 0 Å². The van der Waals surface area contributed by atoms with Gasteiger partial charge in [0.05, 0.1) is 73.9 Å². The molecule has 0 unspecified atom stereocenters. The van der Waals surface area contributed by atoms with Crippen LogP contribution < -0.4 is 14.4 Å². The number of rotatable bonds is 2. The molecular formula is C49H26N6O2. The molecule has 3 aliphatic rings. The predicted molar refractivity (Wildman–Crippen MR) is 218 cm³/mol. The van der Waals surface area contributed by atoms with Gasteiger partial charge in [-0.3, -0.25) is 9.97 Å². The number of benzene rings is 6. The van der Waals surface area contributed by atoms with Crippen LogP contribution in [0.4, 0.5) is 17.1 Å². The monoisotopic (exact) mass is 730 g/mol. The number of hydrogen-bond donors (Lipinski definition) is 0. The van der Waals surface area contributed by atoms with Crippen molar-refractivity contribution in [2.24, 2.45) is 0 Å².